The van der Waals surface area contributed by atoms with E-state index in [1.807, 2.05) is 6.07 Å². The van der Waals surface area contributed by atoms with Gasteiger partial charge in [0.2, 0.25) is 5.91 Å². The lowest BCUT2D eigenvalue weighted by Gasteiger charge is -2.39. The Labute approximate surface area is 150 Å². The summed E-state index contributed by atoms with van der Waals surface area (Å²) >= 11 is 0. The van der Waals surface area contributed by atoms with Crippen molar-refractivity contribution in [1.82, 2.24) is 10.6 Å². The molecule has 5 heteroatoms. The molecule has 0 spiro atoms. The first-order valence-electron chi connectivity index (χ1n) is 8.92. The van der Waals surface area contributed by atoms with Crippen LogP contribution in [0.15, 0.2) is 24.3 Å². The Morgan fingerprint density at radius 2 is 2.00 bits per heavy atom. The molecule has 3 rings (SSSR count). The van der Waals surface area contributed by atoms with E-state index in [-0.39, 0.29) is 30.2 Å². The molecule has 1 saturated carbocycles. The van der Waals surface area contributed by atoms with Crippen molar-refractivity contribution >= 4 is 18.3 Å². The van der Waals surface area contributed by atoms with Crippen LogP contribution in [0, 0.1) is 5.82 Å². The highest BCUT2D eigenvalue weighted by Crippen LogP contribution is 2.40. The van der Waals surface area contributed by atoms with Crippen molar-refractivity contribution in [2.24, 2.45) is 0 Å². The molecule has 1 aromatic carbocycles. The van der Waals surface area contributed by atoms with Gasteiger partial charge in [-0.05, 0) is 56.8 Å². The molecule has 134 valence electrons. The highest BCUT2D eigenvalue weighted by molar-refractivity contribution is 5.88. The van der Waals surface area contributed by atoms with Gasteiger partial charge in [0.05, 0.1) is 5.41 Å². The average Bonchev–Trinajstić information content (AvgIpc) is 2.57. The van der Waals surface area contributed by atoms with Crippen molar-refractivity contribution in [2.75, 3.05) is 6.54 Å². The monoisotopic (exact) mass is 354 g/mol. The number of amides is 1. The maximum atomic E-state index is 13.7. The van der Waals surface area contributed by atoms with E-state index in [9.17, 15) is 9.18 Å². The molecule has 0 radical (unpaired) electrons. The lowest BCUT2D eigenvalue weighted by Crippen LogP contribution is -2.56. The summed E-state index contributed by atoms with van der Waals surface area (Å²) < 4.78 is 13.7. The van der Waals surface area contributed by atoms with Gasteiger partial charge < -0.3 is 10.6 Å². The zero-order chi connectivity index (χ0) is 16.3. The number of benzene rings is 1. The summed E-state index contributed by atoms with van der Waals surface area (Å²) in [4.78, 5) is 13.2. The van der Waals surface area contributed by atoms with Gasteiger partial charge in [-0.2, -0.15) is 0 Å². The molecule has 1 aliphatic carbocycles. The van der Waals surface area contributed by atoms with Gasteiger partial charge in [-0.1, -0.05) is 31.4 Å². The van der Waals surface area contributed by atoms with Crippen LogP contribution in [0.1, 0.15) is 57.4 Å². The van der Waals surface area contributed by atoms with E-state index in [1.165, 1.54) is 6.07 Å². The molecular weight excluding hydrogens is 327 g/mol. The number of carbonyl (C=O) groups excluding carboxylic acids is 1. The van der Waals surface area contributed by atoms with Crippen molar-refractivity contribution in [3.8, 4) is 0 Å². The smallest absolute Gasteiger partial charge is 0.230 e. The summed E-state index contributed by atoms with van der Waals surface area (Å²) in [6.07, 6.45) is 6.95. The van der Waals surface area contributed by atoms with Gasteiger partial charge in [-0.3, -0.25) is 4.79 Å². The van der Waals surface area contributed by atoms with Crippen molar-refractivity contribution in [2.45, 2.75) is 69.4 Å². The second-order valence-electron chi connectivity index (χ2n) is 7.12. The highest BCUT2D eigenvalue weighted by Gasteiger charge is 2.42. The molecule has 0 aromatic heterocycles. The van der Waals surface area contributed by atoms with E-state index in [0.717, 1.165) is 57.1 Å². The van der Waals surface area contributed by atoms with Crippen LogP contribution in [0.3, 0.4) is 0 Å². The maximum absolute atomic E-state index is 13.7. The fraction of sp³-hybridized carbons (Fsp3) is 0.632. The van der Waals surface area contributed by atoms with Crippen LogP contribution < -0.4 is 10.6 Å². The fourth-order valence-electron chi connectivity index (χ4n) is 4.14. The first-order valence-corrected chi connectivity index (χ1v) is 8.92. The third-order valence-corrected chi connectivity index (χ3v) is 5.60. The van der Waals surface area contributed by atoms with Gasteiger partial charge in [0, 0.05) is 12.1 Å². The molecule has 1 aliphatic heterocycles. The quantitative estimate of drug-likeness (QED) is 0.868. The number of carbonyl (C=O) groups is 1. The zero-order valence-corrected chi connectivity index (χ0v) is 15.1. The Hall–Kier alpha value is -1.13. The van der Waals surface area contributed by atoms with Gasteiger partial charge in [0.15, 0.2) is 0 Å². The molecule has 1 amide bonds. The largest absolute Gasteiger partial charge is 0.351 e. The van der Waals surface area contributed by atoms with E-state index in [2.05, 4.69) is 17.6 Å². The molecule has 1 aromatic rings. The normalized spacial score (nSPS) is 26.2. The minimum absolute atomic E-state index is 0. The number of nitrogens with one attached hydrogen (secondary N) is 2. The Morgan fingerprint density at radius 3 is 2.67 bits per heavy atom. The summed E-state index contributed by atoms with van der Waals surface area (Å²) in [5.41, 5.74) is 0.281. The van der Waals surface area contributed by atoms with E-state index < -0.39 is 5.41 Å². The van der Waals surface area contributed by atoms with E-state index >= 15 is 0 Å². The van der Waals surface area contributed by atoms with Crippen LogP contribution in [0.2, 0.25) is 0 Å². The number of halogens is 2. The van der Waals surface area contributed by atoms with Gasteiger partial charge in [0.1, 0.15) is 5.82 Å². The van der Waals surface area contributed by atoms with Crippen LogP contribution in [-0.2, 0) is 10.2 Å². The summed E-state index contributed by atoms with van der Waals surface area (Å²) in [6.45, 7) is 3.14. The SMILES string of the molecule is CC1NCCCC1NC(=O)C1(c2cccc(F)c2)CCCCC1.Cl. The standard InChI is InChI=1S/C19H27FN2O.ClH/c1-14-17(9-6-12-21-14)22-18(23)19(10-3-2-4-11-19)15-7-5-8-16(20)13-15;/h5,7-8,13-14,17,21H,2-4,6,9-12H2,1H3,(H,22,23);1H. The van der Waals surface area contributed by atoms with Gasteiger partial charge in [-0.25, -0.2) is 4.39 Å². The molecule has 3 nitrogen and oxygen atoms in total. The van der Waals surface area contributed by atoms with Crippen LogP contribution in [0.25, 0.3) is 0 Å². The second kappa shape index (κ2) is 8.30. The van der Waals surface area contributed by atoms with Gasteiger partial charge in [0.25, 0.3) is 0 Å². The molecule has 1 saturated heterocycles. The lowest BCUT2D eigenvalue weighted by atomic mass is 9.68. The predicted molar refractivity (Wildman–Crippen MR) is 97.0 cm³/mol. The summed E-state index contributed by atoms with van der Waals surface area (Å²) in [5, 5.41) is 6.70. The first kappa shape index (κ1) is 19.2. The Kier molecular flexibility index (Phi) is 6.64. The minimum atomic E-state index is -0.558. The van der Waals surface area contributed by atoms with Crippen molar-refractivity contribution in [1.29, 1.82) is 0 Å². The molecule has 24 heavy (non-hydrogen) atoms. The third-order valence-electron chi connectivity index (χ3n) is 5.60. The highest BCUT2D eigenvalue weighted by atomic mass is 35.5. The molecule has 2 N–H and O–H groups in total. The summed E-state index contributed by atoms with van der Waals surface area (Å²) in [5.74, 6) is -0.170. The Bertz CT molecular complexity index is 560. The van der Waals surface area contributed by atoms with Crippen molar-refractivity contribution in [3.63, 3.8) is 0 Å². The lowest BCUT2D eigenvalue weighted by molar-refractivity contribution is -0.129. The predicted octanol–water partition coefficient (Wildman–Crippen LogP) is 3.71. The van der Waals surface area contributed by atoms with E-state index in [0.29, 0.717) is 6.04 Å². The minimum Gasteiger partial charge on any atom is -0.351 e. The van der Waals surface area contributed by atoms with E-state index in [1.54, 1.807) is 12.1 Å². The Balaban J connectivity index is 0.00000208. The molecular formula is C19H28ClFN2O. The number of hydrogen-bond donors (Lipinski definition) is 2. The zero-order valence-electron chi connectivity index (χ0n) is 14.3. The topological polar surface area (TPSA) is 41.1 Å². The van der Waals surface area contributed by atoms with Crippen LogP contribution in [-0.4, -0.2) is 24.5 Å². The molecule has 2 unspecified atom stereocenters. The van der Waals surface area contributed by atoms with Crippen LogP contribution >= 0.6 is 12.4 Å². The number of rotatable bonds is 3. The Morgan fingerprint density at radius 1 is 1.25 bits per heavy atom. The number of hydrogen-bond acceptors (Lipinski definition) is 2. The molecule has 0 bridgehead atoms. The molecule has 2 aliphatic rings. The van der Waals surface area contributed by atoms with Crippen LogP contribution in [0.5, 0.6) is 0 Å². The summed E-state index contributed by atoms with van der Waals surface area (Å²) in [7, 11) is 0. The van der Waals surface area contributed by atoms with Gasteiger partial charge >= 0.3 is 0 Å². The third kappa shape index (κ3) is 3.92. The van der Waals surface area contributed by atoms with E-state index in [4.69, 9.17) is 0 Å². The van der Waals surface area contributed by atoms with Crippen molar-refractivity contribution in [3.05, 3.63) is 35.6 Å². The first-order chi connectivity index (χ1) is 11.1. The average molecular weight is 355 g/mol. The maximum Gasteiger partial charge on any atom is 0.230 e. The molecule has 2 fully saturated rings. The fourth-order valence-corrected chi connectivity index (χ4v) is 4.14. The van der Waals surface area contributed by atoms with Crippen molar-refractivity contribution < 1.29 is 9.18 Å². The second-order valence-corrected chi connectivity index (χ2v) is 7.12. The van der Waals surface area contributed by atoms with Crippen LogP contribution in [0.4, 0.5) is 4.39 Å². The van der Waals surface area contributed by atoms with Gasteiger partial charge in [-0.15, -0.1) is 12.4 Å². The summed E-state index contributed by atoms with van der Waals surface area (Å²) in [6, 6.07) is 7.10. The molecule has 2 atom stereocenters. The number of piperidine rings is 1. The molecule has 1 heterocycles.